The van der Waals surface area contributed by atoms with E-state index in [0.29, 0.717) is 29.7 Å². The molecule has 0 atom stereocenters. The van der Waals surface area contributed by atoms with Crippen LogP contribution >= 0.6 is 22.9 Å². The molecule has 6 heteroatoms. The molecule has 0 saturated heterocycles. The first-order valence-electron chi connectivity index (χ1n) is 7.87. The molecule has 0 aliphatic carbocycles. The number of thiophene rings is 1. The van der Waals surface area contributed by atoms with Crippen molar-refractivity contribution >= 4 is 22.9 Å². The van der Waals surface area contributed by atoms with Gasteiger partial charge in [-0.05, 0) is 46.8 Å². The summed E-state index contributed by atoms with van der Waals surface area (Å²) in [6.45, 7) is 1.93. The highest BCUT2D eigenvalue weighted by Gasteiger charge is 2.12. The van der Waals surface area contributed by atoms with Crippen molar-refractivity contribution in [2.24, 2.45) is 0 Å². The number of halogens is 1. The molecule has 0 unspecified atom stereocenters. The van der Waals surface area contributed by atoms with Gasteiger partial charge < -0.3 is 14.8 Å². The lowest BCUT2D eigenvalue weighted by atomic mass is 10.2. The van der Waals surface area contributed by atoms with Crippen molar-refractivity contribution in [3.05, 3.63) is 75.2 Å². The molecular weight excluding hydrogens is 356 g/mol. The molecule has 3 rings (SSSR count). The number of nitrogens with one attached hydrogen (secondary N) is 1. The van der Waals surface area contributed by atoms with E-state index in [-0.39, 0.29) is 0 Å². The van der Waals surface area contributed by atoms with Gasteiger partial charge in [0.25, 0.3) is 0 Å². The minimum absolute atomic E-state index is 0.480. The van der Waals surface area contributed by atoms with E-state index in [1.54, 1.807) is 30.8 Å². The number of benzene rings is 1. The van der Waals surface area contributed by atoms with E-state index in [0.717, 1.165) is 17.0 Å². The van der Waals surface area contributed by atoms with Crippen molar-refractivity contribution in [1.29, 1.82) is 0 Å². The molecule has 3 aromatic rings. The van der Waals surface area contributed by atoms with Gasteiger partial charge in [0.2, 0.25) is 0 Å². The van der Waals surface area contributed by atoms with Gasteiger partial charge in [-0.1, -0.05) is 17.7 Å². The average molecular weight is 375 g/mol. The summed E-state index contributed by atoms with van der Waals surface area (Å²) in [5, 5.41) is 5.96. The number of ether oxygens (including phenoxy) is 2. The van der Waals surface area contributed by atoms with E-state index in [9.17, 15) is 0 Å². The molecule has 0 bridgehead atoms. The van der Waals surface area contributed by atoms with Crippen molar-refractivity contribution < 1.29 is 9.47 Å². The van der Waals surface area contributed by atoms with Gasteiger partial charge >= 0.3 is 0 Å². The van der Waals surface area contributed by atoms with Crippen LogP contribution in [0.3, 0.4) is 0 Å². The van der Waals surface area contributed by atoms with E-state index in [2.05, 4.69) is 10.3 Å². The lowest BCUT2D eigenvalue weighted by molar-refractivity contribution is 0.287. The summed E-state index contributed by atoms with van der Waals surface area (Å²) in [5.41, 5.74) is 2.23. The summed E-state index contributed by atoms with van der Waals surface area (Å²) in [4.78, 5) is 5.16. The lowest BCUT2D eigenvalue weighted by Gasteiger charge is -2.14. The van der Waals surface area contributed by atoms with Gasteiger partial charge in [-0.2, -0.15) is 0 Å². The fraction of sp³-hybridized carbons (Fsp3) is 0.211. The SMILES string of the molecule is COc1cc(CNCc2ccncc2)cc(Cl)c1OCc1cccs1. The van der Waals surface area contributed by atoms with Crippen LogP contribution in [0.5, 0.6) is 11.5 Å². The van der Waals surface area contributed by atoms with Crippen LogP contribution in [0.4, 0.5) is 0 Å². The molecule has 0 aliphatic rings. The van der Waals surface area contributed by atoms with Crippen LogP contribution in [-0.4, -0.2) is 12.1 Å². The molecule has 2 aromatic heterocycles. The van der Waals surface area contributed by atoms with E-state index < -0.39 is 0 Å². The Morgan fingerprint density at radius 1 is 1.12 bits per heavy atom. The fourth-order valence-electron chi connectivity index (χ4n) is 2.41. The van der Waals surface area contributed by atoms with Crippen LogP contribution in [0.15, 0.2) is 54.2 Å². The van der Waals surface area contributed by atoms with Crippen LogP contribution in [-0.2, 0) is 19.7 Å². The highest BCUT2D eigenvalue weighted by atomic mass is 35.5. The van der Waals surface area contributed by atoms with Crippen LogP contribution in [0, 0.1) is 0 Å². The summed E-state index contributed by atoms with van der Waals surface area (Å²) in [6.07, 6.45) is 3.58. The minimum atomic E-state index is 0.480. The van der Waals surface area contributed by atoms with E-state index in [4.69, 9.17) is 21.1 Å². The smallest absolute Gasteiger partial charge is 0.180 e. The molecule has 0 spiro atoms. The third-order valence-electron chi connectivity index (χ3n) is 3.64. The molecule has 0 aliphatic heterocycles. The third-order valence-corrected chi connectivity index (χ3v) is 4.77. The van der Waals surface area contributed by atoms with Crippen molar-refractivity contribution in [2.75, 3.05) is 7.11 Å². The number of aromatic nitrogens is 1. The van der Waals surface area contributed by atoms with E-state index in [1.165, 1.54) is 5.56 Å². The topological polar surface area (TPSA) is 43.4 Å². The molecule has 2 heterocycles. The molecule has 0 radical (unpaired) electrons. The molecule has 4 nitrogen and oxygen atoms in total. The number of methoxy groups -OCH3 is 1. The van der Waals surface area contributed by atoms with Crippen molar-refractivity contribution in [2.45, 2.75) is 19.7 Å². The van der Waals surface area contributed by atoms with Gasteiger partial charge in [0.15, 0.2) is 11.5 Å². The zero-order valence-electron chi connectivity index (χ0n) is 13.9. The predicted molar refractivity (Wildman–Crippen MR) is 101 cm³/mol. The zero-order valence-corrected chi connectivity index (χ0v) is 15.4. The molecule has 1 N–H and O–H groups in total. The molecule has 130 valence electrons. The van der Waals surface area contributed by atoms with Gasteiger partial charge in [0.1, 0.15) is 6.61 Å². The van der Waals surface area contributed by atoms with Crippen molar-refractivity contribution in [3.8, 4) is 11.5 Å². The average Bonchev–Trinajstić information content (AvgIpc) is 3.15. The van der Waals surface area contributed by atoms with Crippen molar-refractivity contribution in [3.63, 3.8) is 0 Å². The standard InChI is InChI=1S/C19H19ClN2O2S/c1-23-18-10-15(12-22-11-14-4-6-21-7-5-14)9-17(20)19(18)24-13-16-3-2-8-25-16/h2-10,22H,11-13H2,1H3. The van der Waals surface area contributed by atoms with E-state index in [1.807, 2.05) is 41.8 Å². The number of pyridine rings is 1. The summed E-state index contributed by atoms with van der Waals surface area (Å²) < 4.78 is 11.3. The quantitative estimate of drug-likeness (QED) is 0.622. The largest absolute Gasteiger partial charge is 0.493 e. The first kappa shape index (κ1) is 17.7. The number of nitrogens with zero attached hydrogens (tertiary/aromatic N) is 1. The summed E-state index contributed by atoms with van der Waals surface area (Å²) in [6, 6.07) is 11.9. The molecule has 1 aromatic carbocycles. The molecule has 0 amide bonds. The highest BCUT2D eigenvalue weighted by Crippen LogP contribution is 2.37. The van der Waals surface area contributed by atoms with Crippen LogP contribution in [0.25, 0.3) is 0 Å². The second-order valence-electron chi connectivity index (χ2n) is 5.44. The number of hydrogen-bond donors (Lipinski definition) is 1. The van der Waals surface area contributed by atoms with Crippen LogP contribution in [0.1, 0.15) is 16.0 Å². The van der Waals surface area contributed by atoms with Gasteiger partial charge in [-0.3, -0.25) is 4.98 Å². The monoisotopic (exact) mass is 374 g/mol. The minimum Gasteiger partial charge on any atom is -0.493 e. The Morgan fingerprint density at radius 3 is 2.64 bits per heavy atom. The zero-order chi connectivity index (χ0) is 17.5. The Labute approximate surface area is 156 Å². The second kappa shape index (κ2) is 8.85. The number of rotatable bonds is 8. The summed E-state index contributed by atoms with van der Waals surface area (Å²) in [5.74, 6) is 1.22. The normalized spacial score (nSPS) is 10.6. The second-order valence-corrected chi connectivity index (χ2v) is 6.88. The number of hydrogen-bond acceptors (Lipinski definition) is 5. The fourth-order valence-corrected chi connectivity index (χ4v) is 3.31. The Balaban J connectivity index is 1.64. The first-order chi connectivity index (χ1) is 12.3. The Kier molecular flexibility index (Phi) is 6.28. The Hall–Kier alpha value is -2.08. The van der Waals surface area contributed by atoms with Gasteiger partial charge in [-0.15, -0.1) is 11.3 Å². The molecule has 0 saturated carbocycles. The maximum absolute atomic E-state index is 6.41. The molecular formula is C19H19ClN2O2S. The maximum Gasteiger partial charge on any atom is 0.180 e. The maximum atomic E-state index is 6.41. The Bertz CT molecular complexity index is 795. The van der Waals surface area contributed by atoms with Crippen LogP contribution in [0.2, 0.25) is 5.02 Å². The Morgan fingerprint density at radius 2 is 1.92 bits per heavy atom. The molecule has 0 fully saturated rings. The van der Waals surface area contributed by atoms with Crippen molar-refractivity contribution in [1.82, 2.24) is 10.3 Å². The van der Waals surface area contributed by atoms with Crippen LogP contribution < -0.4 is 14.8 Å². The summed E-state index contributed by atoms with van der Waals surface area (Å²) >= 11 is 8.06. The van der Waals surface area contributed by atoms with Gasteiger partial charge in [0.05, 0.1) is 12.1 Å². The third kappa shape index (κ3) is 4.95. The first-order valence-corrected chi connectivity index (χ1v) is 9.13. The van der Waals surface area contributed by atoms with E-state index >= 15 is 0 Å². The highest BCUT2D eigenvalue weighted by molar-refractivity contribution is 7.09. The van der Waals surface area contributed by atoms with Gasteiger partial charge in [-0.25, -0.2) is 0 Å². The molecule has 25 heavy (non-hydrogen) atoms. The lowest BCUT2D eigenvalue weighted by Crippen LogP contribution is -2.13. The summed E-state index contributed by atoms with van der Waals surface area (Å²) in [7, 11) is 1.62. The predicted octanol–water partition coefficient (Wildman–Crippen LogP) is 4.67. The van der Waals surface area contributed by atoms with Gasteiger partial charge in [0, 0.05) is 30.4 Å².